The molecule has 2 fully saturated rings. The number of hydrogen-bond acceptors (Lipinski definition) is 4. The fourth-order valence-electron chi connectivity index (χ4n) is 3.08. The van der Waals surface area contributed by atoms with E-state index in [1.165, 1.54) is 12.1 Å². The van der Waals surface area contributed by atoms with Crippen LogP contribution in [0.3, 0.4) is 0 Å². The minimum absolute atomic E-state index is 0.0664. The zero-order valence-electron chi connectivity index (χ0n) is 11.6. The Hall–Kier alpha value is -0.690. The molecule has 21 heavy (non-hydrogen) atoms. The second-order valence-electron chi connectivity index (χ2n) is 5.77. The van der Waals surface area contributed by atoms with E-state index < -0.39 is 9.84 Å². The molecule has 7 heteroatoms. The number of piperazine rings is 1. The summed E-state index contributed by atoms with van der Waals surface area (Å²) in [5.74, 6) is 0.167. The Morgan fingerprint density at radius 1 is 1.29 bits per heavy atom. The van der Waals surface area contributed by atoms with Gasteiger partial charge in [-0.25, -0.2) is 12.8 Å². The van der Waals surface area contributed by atoms with Crippen molar-refractivity contribution in [2.45, 2.75) is 12.6 Å². The van der Waals surface area contributed by atoms with Crippen LogP contribution in [0, 0.1) is 5.82 Å². The molecule has 1 aromatic carbocycles. The largest absolute Gasteiger partial charge is 0.296 e. The summed E-state index contributed by atoms with van der Waals surface area (Å²) >= 11 is 6.06. The molecule has 2 heterocycles. The van der Waals surface area contributed by atoms with Gasteiger partial charge in [-0.2, -0.15) is 0 Å². The molecular weight excluding hydrogens is 315 g/mol. The van der Waals surface area contributed by atoms with Crippen molar-refractivity contribution in [3.05, 3.63) is 34.6 Å². The highest BCUT2D eigenvalue weighted by molar-refractivity contribution is 7.91. The zero-order chi connectivity index (χ0) is 15.0. The average molecular weight is 333 g/mol. The summed E-state index contributed by atoms with van der Waals surface area (Å²) in [6.07, 6.45) is 0. The van der Waals surface area contributed by atoms with E-state index in [-0.39, 0.29) is 23.4 Å². The summed E-state index contributed by atoms with van der Waals surface area (Å²) in [7, 11) is -2.91. The van der Waals surface area contributed by atoms with Crippen molar-refractivity contribution in [1.82, 2.24) is 9.80 Å². The van der Waals surface area contributed by atoms with Gasteiger partial charge in [0.15, 0.2) is 9.84 Å². The van der Waals surface area contributed by atoms with Crippen molar-refractivity contribution in [2.75, 3.05) is 37.7 Å². The highest BCUT2D eigenvalue weighted by atomic mass is 35.5. The Balaban J connectivity index is 1.68. The van der Waals surface area contributed by atoms with Gasteiger partial charge in [-0.1, -0.05) is 17.7 Å². The number of fused-ring (bicyclic) bond motifs is 1. The fourth-order valence-corrected chi connectivity index (χ4v) is 4.89. The predicted octanol–water partition coefficient (Wildman–Crippen LogP) is 1.39. The minimum Gasteiger partial charge on any atom is -0.296 e. The molecule has 0 spiro atoms. The SMILES string of the molecule is O=S1(=O)CCN2CCN(Cc3ccc(F)cc3Cl)C[C@@H]2C1. The van der Waals surface area contributed by atoms with Gasteiger partial charge in [-0.15, -0.1) is 0 Å². The molecule has 0 bridgehead atoms. The van der Waals surface area contributed by atoms with Gasteiger partial charge in [-0.05, 0) is 17.7 Å². The van der Waals surface area contributed by atoms with E-state index in [1.807, 2.05) is 0 Å². The molecule has 0 N–H and O–H groups in total. The standard InChI is InChI=1S/C14H18ClFN2O2S/c15-14-7-12(16)2-1-11(14)8-17-3-4-18-5-6-21(19,20)10-13(18)9-17/h1-2,7,13H,3-6,8-10H2/t13-/m1/s1. The number of sulfone groups is 1. The van der Waals surface area contributed by atoms with Crippen LogP contribution in [0.1, 0.15) is 5.56 Å². The Labute approximate surface area is 129 Å². The maximum Gasteiger partial charge on any atom is 0.153 e. The molecule has 0 radical (unpaired) electrons. The summed E-state index contributed by atoms with van der Waals surface area (Å²) in [6, 6.07) is 4.49. The number of rotatable bonds is 2. The van der Waals surface area contributed by atoms with Gasteiger partial charge in [0.1, 0.15) is 5.82 Å². The van der Waals surface area contributed by atoms with Gasteiger partial charge in [0, 0.05) is 43.8 Å². The lowest BCUT2D eigenvalue weighted by molar-refractivity contribution is 0.0811. The number of halogens is 2. The normalized spacial score (nSPS) is 26.5. The first-order valence-corrected chi connectivity index (χ1v) is 9.24. The van der Waals surface area contributed by atoms with Gasteiger partial charge >= 0.3 is 0 Å². The Kier molecular flexibility index (Phi) is 4.23. The summed E-state index contributed by atoms with van der Waals surface area (Å²) < 4.78 is 36.6. The first-order chi connectivity index (χ1) is 9.93. The van der Waals surface area contributed by atoms with Crippen LogP contribution in [0.2, 0.25) is 5.02 Å². The molecule has 2 saturated heterocycles. The lowest BCUT2D eigenvalue weighted by Gasteiger charge is -2.43. The maximum atomic E-state index is 13.1. The number of benzene rings is 1. The fraction of sp³-hybridized carbons (Fsp3) is 0.571. The molecule has 2 aliphatic heterocycles. The van der Waals surface area contributed by atoms with Gasteiger partial charge < -0.3 is 0 Å². The van der Waals surface area contributed by atoms with E-state index in [4.69, 9.17) is 11.6 Å². The zero-order valence-corrected chi connectivity index (χ0v) is 13.2. The molecule has 116 valence electrons. The van der Waals surface area contributed by atoms with Crippen molar-refractivity contribution in [3.8, 4) is 0 Å². The van der Waals surface area contributed by atoms with Crippen LogP contribution >= 0.6 is 11.6 Å². The van der Waals surface area contributed by atoms with E-state index in [1.54, 1.807) is 6.07 Å². The molecule has 3 rings (SSSR count). The van der Waals surface area contributed by atoms with Crippen LogP contribution in [0.4, 0.5) is 4.39 Å². The van der Waals surface area contributed by atoms with Crippen LogP contribution < -0.4 is 0 Å². The first-order valence-electron chi connectivity index (χ1n) is 7.04. The Bertz CT molecular complexity index is 638. The number of nitrogens with zero attached hydrogens (tertiary/aromatic N) is 2. The van der Waals surface area contributed by atoms with Crippen molar-refractivity contribution < 1.29 is 12.8 Å². The molecule has 4 nitrogen and oxygen atoms in total. The lowest BCUT2D eigenvalue weighted by Crippen LogP contribution is -2.59. The molecule has 2 aliphatic rings. The van der Waals surface area contributed by atoms with Crippen LogP contribution in [-0.4, -0.2) is 61.9 Å². The Morgan fingerprint density at radius 2 is 2.10 bits per heavy atom. The summed E-state index contributed by atoms with van der Waals surface area (Å²) in [4.78, 5) is 4.45. The van der Waals surface area contributed by atoms with Crippen molar-refractivity contribution in [1.29, 1.82) is 0 Å². The quantitative estimate of drug-likeness (QED) is 0.821. The van der Waals surface area contributed by atoms with Gasteiger partial charge in [0.25, 0.3) is 0 Å². The molecule has 0 amide bonds. The highest BCUT2D eigenvalue weighted by Gasteiger charge is 2.35. The summed E-state index contributed by atoms with van der Waals surface area (Å²) in [6.45, 7) is 3.73. The van der Waals surface area contributed by atoms with Gasteiger partial charge in [-0.3, -0.25) is 9.80 Å². The molecule has 1 atom stereocenters. The maximum absolute atomic E-state index is 13.1. The third-order valence-corrected chi connectivity index (χ3v) is 6.28. The molecular formula is C14H18ClFN2O2S. The van der Waals surface area contributed by atoms with Crippen molar-refractivity contribution in [3.63, 3.8) is 0 Å². The van der Waals surface area contributed by atoms with Crippen LogP contribution in [0.25, 0.3) is 0 Å². The smallest absolute Gasteiger partial charge is 0.153 e. The number of hydrogen-bond donors (Lipinski definition) is 0. The third-order valence-electron chi connectivity index (χ3n) is 4.23. The summed E-state index contributed by atoms with van der Waals surface area (Å²) in [5, 5.41) is 0.425. The molecule has 0 aromatic heterocycles. The molecule has 0 aliphatic carbocycles. The van der Waals surface area contributed by atoms with E-state index in [0.717, 1.165) is 18.7 Å². The molecule has 0 unspecified atom stereocenters. The van der Waals surface area contributed by atoms with Crippen molar-refractivity contribution >= 4 is 21.4 Å². The topological polar surface area (TPSA) is 40.6 Å². The second kappa shape index (κ2) is 5.83. The third kappa shape index (κ3) is 3.56. The average Bonchev–Trinajstić information content (AvgIpc) is 2.40. The van der Waals surface area contributed by atoms with Gasteiger partial charge in [0.05, 0.1) is 11.5 Å². The first kappa shape index (κ1) is 15.2. The highest BCUT2D eigenvalue weighted by Crippen LogP contribution is 2.22. The molecule has 1 aromatic rings. The lowest BCUT2D eigenvalue weighted by atomic mass is 10.1. The second-order valence-corrected chi connectivity index (χ2v) is 8.41. The monoisotopic (exact) mass is 332 g/mol. The molecule has 0 saturated carbocycles. The minimum atomic E-state index is -2.91. The van der Waals surface area contributed by atoms with E-state index in [9.17, 15) is 12.8 Å². The Morgan fingerprint density at radius 3 is 2.86 bits per heavy atom. The van der Waals surface area contributed by atoms with Gasteiger partial charge in [0.2, 0.25) is 0 Å². The van der Waals surface area contributed by atoms with Crippen LogP contribution in [-0.2, 0) is 16.4 Å². The van der Waals surface area contributed by atoms with Crippen LogP contribution in [0.15, 0.2) is 18.2 Å². The van der Waals surface area contributed by atoms with E-state index >= 15 is 0 Å². The van der Waals surface area contributed by atoms with E-state index in [2.05, 4.69) is 9.80 Å². The van der Waals surface area contributed by atoms with Crippen LogP contribution in [0.5, 0.6) is 0 Å². The summed E-state index contributed by atoms with van der Waals surface area (Å²) in [5.41, 5.74) is 0.880. The van der Waals surface area contributed by atoms with E-state index in [0.29, 0.717) is 24.7 Å². The van der Waals surface area contributed by atoms with Crippen molar-refractivity contribution in [2.24, 2.45) is 0 Å². The predicted molar refractivity (Wildman–Crippen MR) is 80.7 cm³/mol.